The van der Waals surface area contributed by atoms with E-state index < -0.39 is 0 Å². The van der Waals surface area contributed by atoms with Gasteiger partial charge in [-0.05, 0) is 56.4 Å². The van der Waals surface area contributed by atoms with Gasteiger partial charge in [0, 0.05) is 30.9 Å². The topological polar surface area (TPSA) is 15.3 Å². The van der Waals surface area contributed by atoms with Crippen molar-refractivity contribution in [3.05, 3.63) is 29.6 Å². The van der Waals surface area contributed by atoms with Crippen molar-refractivity contribution in [3.8, 4) is 0 Å². The summed E-state index contributed by atoms with van der Waals surface area (Å²) in [5, 5.41) is 3.65. The summed E-state index contributed by atoms with van der Waals surface area (Å²) >= 11 is 0. The molecule has 0 bridgehead atoms. The lowest BCUT2D eigenvalue weighted by Gasteiger charge is -2.43. The SMILES string of the molecule is Cc1cc(F)cc(N2CCNC(C)(C3CC3)C2)c1. The zero-order valence-corrected chi connectivity index (χ0v) is 11.2. The van der Waals surface area contributed by atoms with Crippen molar-refractivity contribution in [1.29, 1.82) is 0 Å². The Bertz CT molecular complexity index is 436. The number of nitrogens with one attached hydrogen (secondary N) is 1. The molecule has 1 heterocycles. The van der Waals surface area contributed by atoms with Crippen molar-refractivity contribution in [2.24, 2.45) is 5.92 Å². The van der Waals surface area contributed by atoms with Crippen LogP contribution in [-0.4, -0.2) is 25.2 Å². The number of nitrogens with zero attached hydrogens (tertiary/aromatic N) is 1. The smallest absolute Gasteiger partial charge is 0.125 e. The Balaban J connectivity index is 1.83. The van der Waals surface area contributed by atoms with Gasteiger partial charge in [0.05, 0.1) is 0 Å². The number of hydrogen-bond donors (Lipinski definition) is 1. The first-order chi connectivity index (χ1) is 8.57. The first-order valence-electron chi connectivity index (χ1n) is 6.84. The van der Waals surface area contributed by atoms with Crippen LogP contribution < -0.4 is 10.2 Å². The molecule has 2 aliphatic rings. The molecule has 1 saturated heterocycles. The molecule has 0 aromatic heterocycles. The van der Waals surface area contributed by atoms with Crippen LogP contribution in [0.3, 0.4) is 0 Å². The second-order valence-corrected chi connectivity index (χ2v) is 6.03. The molecule has 1 atom stereocenters. The number of aryl methyl sites for hydroxylation is 1. The van der Waals surface area contributed by atoms with Gasteiger partial charge >= 0.3 is 0 Å². The fourth-order valence-corrected chi connectivity index (χ4v) is 3.12. The number of halogens is 1. The van der Waals surface area contributed by atoms with Crippen molar-refractivity contribution < 1.29 is 4.39 Å². The third-order valence-electron chi connectivity index (χ3n) is 4.30. The third kappa shape index (κ3) is 2.24. The minimum atomic E-state index is -0.128. The first kappa shape index (κ1) is 12.0. The highest BCUT2D eigenvalue weighted by atomic mass is 19.1. The molecule has 0 spiro atoms. The second-order valence-electron chi connectivity index (χ2n) is 6.03. The summed E-state index contributed by atoms with van der Waals surface area (Å²) in [5.74, 6) is 0.673. The zero-order chi connectivity index (χ0) is 12.8. The van der Waals surface area contributed by atoms with Crippen molar-refractivity contribution in [3.63, 3.8) is 0 Å². The van der Waals surface area contributed by atoms with Crippen LogP contribution in [0.5, 0.6) is 0 Å². The highest BCUT2D eigenvalue weighted by Gasteiger charge is 2.43. The molecule has 1 aliphatic carbocycles. The molecule has 3 rings (SSSR count). The van der Waals surface area contributed by atoms with Crippen molar-refractivity contribution in [2.45, 2.75) is 32.2 Å². The average Bonchev–Trinajstić information content (AvgIpc) is 3.11. The summed E-state index contributed by atoms with van der Waals surface area (Å²) in [6.45, 7) is 7.20. The van der Waals surface area contributed by atoms with Crippen LogP contribution in [0.2, 0.25) is 0 Å². The molecule has 1 aromatic carbocycles. The maximum Gasteiger partial charge on any atom is 0.125 e. The molecule has 2 fully saturated rings. The number of rotatable bonds is 2. The van der Waals surface area contributed by atoms with Gasteiger partial charge in [-0.25, -0.2) is 4.39 Å². The minimum absolute atomic E-state index is 0.128. The zero-order valence-electron chi connectivity index (χ0n) is 11.2. The van der Waals surface area contributed by atoms with Gasteiger partial charge in [-0.2, -0.15) is 0 Å². The van der Waals surface area contributed by atoms with Crippen LogP contribution in [-0.2, 0) is 0 Å². The summed E-state index contributed by atoms with van der Waals surface area (Å²) in [6, 6.07) is 5.33. The second kappa shape index (κ2) is 4.23. The molecule has 1 saturated carbocycles. The molecule has 0 radical (unpaired) electrons. The van der Waals surface area contributed by atoms with E-state index in [0.717, 1.165) is 36.8 Å². The minimum Gasteiger partial charge on any atom is -0.368 e. The number of benzene rings is 1. The predicted molar refractivity (Wildman–Crippen MR) is 72.5 cm³/mol. The van der Waals surface area contributed by atoms with Crippen molar-refractivity contribution in [2.75, 3.05) is 24.5 Å². The van der Waals surface area contributed by atoms with Gasteiger partial charge in [-0.15, -0.1) is 0 Å². The summed E-state index contributed by atoms with van der Waals surface area (Å²) in [5.41, 5.74) is 2.23. The van der Waals surface area contributed by atoms with Crippen molar-refractivity contribution >= 4 is 5.69 Å². The van der Waals surface area contributed by atoms with Crippen molar-refractivity contribution in [1.82, 2.24) is 5.32 Å². The molecule has 1 aromatic rings. The van der Waals surface area contributed by atoms with Crippen LogP contribution in [0.4, 0.5) is 10.1 Å². The Morgan fingerprint density at radius 3 is 2.78 bits per heavy atom. The van der Waals surface area contributed by atoms with Crippen LogP contribution in [0.15, 0.2) is 18.2 Å². The maximum atomic E-state index is 13.5. The van der Waals surface area contributed by atoms with E-state index in [0.29, 0.717) is 0 Å². The van der Waals surface area contributed by atoms with E-state index in [-0.39, 0.29) is 11.4 Å². The van der Waals surface area contributed by atoms with Gasteiger partial charge in [-0.1, -0.05) is 0 Å². The van der Waals surface area contributed by atoms with Gasteiger partial charge in [0.15, 0.2) is 0 Å². The maximum absolute atomic E-state index is 13.5. The van der Waals surface area contributed by atoms with Crippen LogP contribution in [0.1, 0.15) is 25.3 Å². The predicted octanol–water partition coefficient (Wildman–Crippen LogP) is 2.71. The molecule has 2 nitrogen and oxygen atoms in total. The van der Waals surface area contributed by atoms with E-state index >= 15 is 0 Å². The number of anilines is 1. The molecule has 3 heteroatoms. The van der Waals surface area contributed by atoms with Gasteiger partial charge in [0.25, 0.3) is 0 Å². The lowest BCUT2D eigenvalue weighted by Crippen LogP contribution is -2.60. The highest BCUT2D eigenvalue weighted by molar-refractivity contribution is 5.50. The van der Waals surface area contributed by atoms with E-state index in [1.54, 1.807) is 12.1 Å². The highest BCUT2D eigenvalue weighted by Crippen LogP contribution is 2.41. The first-order valence-corrected chi connectivity index (χ1v) is 6.84. The fraction of sp³-hybridized carbons (Fsp3) is 0.600. The molecule has 18 heavy (non-hydrogen) atoms. The number of piperazine rings is 1. The molecule has 1 aliphatic heterocycles. The molecular formula is C15H21FN2. The van der Waals surface area contributed by atoms with Gasteiger partial charge < -0.3 is 10.2 Å². The average molecular weight is 248 g/mol. The molecule has 1 unspecified atom stereocenters. The standard InChI is InChI=1S/C15H21FN2/c1-11-7-13(16)9-14(8-11)18-6-5-17-15(2,10-18)12-3-4-12/h7-9,12,17H,3-6,10H2,1-2H3. The van der Waals surface area contributed by atoms with E-state index in [1.807, 2.05) is 6.92 Å². The molecule has 98 valence electrons. The largest absolute Gasteiger partial charge is 0.368 e. The Morgan fingerprint density at radius 1 is 1.33 bits per heavy atom. The number of hydrogen-bond acceptors (Lipinski definition) is 2. The third-order valence-corrected chi connectivity index (χ3v) is 4.30. The van der Waals surface area contributed by atoms with E-state index in [2.05, 4.69) is 23.2 Å². The monoisotopic (exact) mass is 248 g/mol. The summed E-state index contributed by atoms with van der Waals surface area (Å²) < 4.78 is 13.5. The lowest BCUT2D eigenvalue weighted by molar-refractivity contribution is 0.285. The molecular weight excluding hydrogens is 227 g/mol. The Morgan fingerprint density at radius 2 is 2.11 bits per heavy atom. The fourth-order valence-electron chi connectivity index (χ4n) is 3.12. The van der Waals surface area contributed by atoms with E-state index in [9.17, 15) is 4.39 Å². The van der Waals surface area contributed by atoms with Gasteiger partial charge in [-0.3, -0.25) is 0 Å². The van der Waals surface area contributed by atoms with Gasteiger partial charge in [0.2, 0.25) is 0 Å². The van der Waals surface area contributed by atoms with Crippen LogP contribution in [0.25, 0.3) is 0 Å². The Hall–Kier alpha value is -1.09. The van der Waals surface area contributed by atoms with E-state index in [1.165, 1.54) is 12.8 Å². The molecule has 1 N–H and O–H groups in total. The van der Waals surface area contributed by atoms with Crippen LogP contribution >= 0.6 is 0 Å². The molecule has 0 amide bonds. The summed E-state index contributed by atoms with van der Waals surface area (Å²) in [4.78, 5) is 2.32. The normalized spacial score (nSPS) is 28.5. The van der Waals surface area contributed by atoms with E-state index in [4.69, 9.17) is 0 Å². The Kier molecular flexibility index (Phi) is 2.81. The lowest BCUT2D eigenvalue weighted by atomic mass is 9.92. The summed E-state index contributed by atoms with van der Waals surface area (Å²) in [6.07, 6.45) is 2.67. The summed E-state index contributed by atoms with van der Waals surface area (Å²) in [7, 11) is 0. The van der Waals surface area contributed by atoms with Crippen LogP contribution in [0, 0.1) is 18.7 Å². The Labute approximate surface area is 108 Å². The van der Waals surface area contributed by atoms with Gasteiger partial charge in [0.1, 0.15) is 5.82 Å². The quantitative estimate of drug-likeness (QED) is 0.865.